The van der Waals surface area contributed by atoms with Gasteiger partial charge < -0.3 is 10.2 Å². The molecule has 1 heterocycles. The summed E-state index contributed by atoms with van der Waals surface area (Å²) in [6.07, 6.45) is 0.623. The molecule has 0 aromatic heterocycles. The highest BCUT2D eigenvalue weighted by molar-refractivity contribution is 7.93. The van der Waals surface area contributed by atoms with Crippen molar-refractivity contribution >= 4 is 21.6 Å². The molecule has 1 aromatic rings. The van der Waals surface area contributed by atoms with Gasteiger partial charge in [0.15, 0.2) is 0 Å². The molecule has 134 valence electrons. The quantitative estimate of drug-likeness (QED) is 0.842. The minimum Gasteiger partial charge on any atom is -0.351 e. The first-order valence-corrected chi connectivity index (χ1v) is 9.75. The number of nitrogens with zero attached hydrogens (tertiary/aromatic N) is 2. The van der Waals surface area contributed by atoms with Gasteiger partial charge in [0.25, 0.3) is 5.91 Å². The minimum atomic E-state index is -3.24. The maximum Gasteiger partial charge on any atom is 0.251 e. The van der Waals surface area contributed by atoms with E-state index in [1.54, 1.807) is 24.3 Å². The molecular formula is C17H27N3O3S. The van der Waals surface area contributed by atoms with Gasteiger partial charge in [-0.1, -0.05) is 19.9 Å². The molecule has 0 atom stereocenters. The van der Waals surface area contributed by atoms with Crippen molar-refractivity contribution in [1.82, 2.24) is 10.2 Å². The van der Waals surface area contributed by atoms with Gasteiger partial charge in [0.1, 0.15) is 0 Å². The van der Waals surface area contributed by atoms with Gasteiger partial charge in [-0.3, -0.25) is 9.10 Å². The van der Waals surface area contributed by atoms with Crippen molar-refractivity contribution in [3.63, 3.8) is 0 Å². The van der Waals surface area contributed by atoms with Gasteiger partial charge in [-0.15, -0.1) is 0 Å². The summed E-state index contributed by atoms with van der Waals surface area (Å²) in [6, 6.07) is 6.82. The highest BCUT2D eigenvalue weighted by atomic mass is 32.2. The molecule has 1 fully saturated rings. The summed E-state index contributed by atoms with van der Waals surface area (Å²) < 4.78 is 25.4. The second kappa shape index (κ2) is 7.11. The molecule has 24 heavy (non-hydrogen) atoms. The zero-order valence-corrected chi connectivity index (χ0v) is 15.7. The van der Waals surface area contributed by atoms with Gasteiger partial charge in [0.05, 0.1) is 11.4 Å². The number of hydrogen-bond acceptors (Lipinski definition) is 4. The highest BCUT2D eigenvalue weighted by Gasteiger charge is 2.28. The Morgan fingerprint density at radius 1 is 1.33 bits per heavy atom. The van der Waals surface area contributed by atoms with E-state index in [0.29, 0.717) is 30.8 Å². The fourth-order valence-electron chi connectivity index (χ4n) is 3.07. The zero-order chi connectivity index (χ0) is 18.0. The van der Waals surface area contributed by atoms with Gasteiger partial charge in [0.2, 0.25) is 10.0 Å². The van der Waals surface area contributed by atoms with Crippen LogP contribution in [0.5, 0.6) is 0 Å². The van der Waals surface area contributed by atoms with E-state index in [1.165, 1.54) is 4.31 Å². The second-order valence-electron chi connectivity index (χ2n) is 7.38. The summed E-state index contributed by atoms with van der Waals surface area (Å²) >= 11 is 0. The second-order valence-corrected chi connectivity index (χ2v) is 9.39. The number of sulfonamides is 1. The van der Waals surface area contributed by atoms with Crippen LogP contribution in [0, 0.1) is 5.41 Å². The summed E-state index contributed by atoms with van der Waals surface area (Å²) in [6.45, 7) is 6.08. The van der Waals surface area contributed by atoms with Crippen LogP contribution in [0.3, 0.4) is 0 Å². The Hall–Kier alpha value is -1.60. The number of amides is 1. The lowest BCUT2D eigenvalue weighted by molar-refractivity contribution is 0.0929. The Morgan fingerprint density at radius 2 is 2.04 bits per heavy atom. The van der Waals surface area contributed by atoms with Gasteiger partial charge in [-0.05, 0) is 44.1 Å². The van der Waals surface area contributed by atoms with Gasteiger partial charge in [0, 0.05) is 25.2 Å². The molecule has 1 amide bonds. The van der Waals surface area contributed by atoms with Gasteiger partial charge in [-0.25, -0.2) is 8.42 Å². The molecule has 1 aromatic carbocycles. The molecule has 1 saturated heterocycles. The third kappa shape index (κ3) is 4.70. The Labute approximate surface area is 144 Å². The molecule has 2 rings (SSSR count). The first-order valence-electron chi connectivity index (χ1n) is 8.14. The van der Waals surface area contributed by atoms with Crippen molar-refractivity contribution < 1.29 is 13.2 Å². The monoisotopic (exact) mass is 353 g/mol. The molecule has 0 unspecified atom stereocenters. The molecule has 1 aliphatic rings. The molecule has 1 aliphatic heterocycles. The van der Waals surface area contributed by atoms with E-state index in [2.05, 4.69) is 24.1 Å². The maximum atomic E-state index is 12.4. The van der Waals surface area contributed by atoms with Crippen LogP contribution in [0.4, 0.5) is 5.69 Å². The average molecular weight is 353 g/mol. The third-order valence-electron chi connectivity index (χ3n) is 3.97. The summed E-state index contributed by atoms with van der Waals surface area (Å²) in [4.78, 5) is 14.5. The number of anilines is 1. The van der Waals surface area contributed by atoms with Crippen LogP contribution in [-0.2, 0) is 10.0 Å². The summed E-state index contributed by atoms with van der Waals surface area (Å²) in [5.74, 6) is -0.0115. The lowest BCUT2D eigenvalue weighted by Gasteiger charge is -2.28. The third-order valence-corrected chi connectivity index (χ3v) is 5.84. The van der Waals surface area contributed by atoms with Crippen molar-refractivity contribution in [3.05, 3.63) is 29.8 Å². The largest absolute Gasteiger partial charge is 0.351 e. The van der Waals surface area contributed by atoms with Crippen LogP contribution in [0.1, 0.15) is 30.6 Å². The molecule has 0 bridgehead atoms. The Bertz CT molecular complexity index is 699. The summed E-state index contributed by atoms with van der Waals surface area (Å²) in [5, 5.41) is 2.95. The fraction of sp³-hybridized carbons (Fsp3) is 0.588. The van der Waals surface area contributed by atoms with Crippen molar-refractivity contribution in [3.8, 4) is 0 Å². The van der Waals surface area contributed by atoms with E-state index in [4.69, 9.17) is 0 Å². The number of carbonyl (C=O) groups excluding carboxylic acids is 1. The zero-order valence-electron chi connectivity index (χ0n) is 14.9. The predicted molar refractivity (Wildman–Crippen MR) is 96.9 cm³/mol. The van der Waals surface area contributed by atoms with E-state index in [1.807, 2.05) is 14.1 Å². The van der Waals surface area contributed by atoms with Gasteiger partial charge in [-0.2, -0.15) is 0 Å². The van der Waals surface area contributed by atoms with Crippen LogP contribution in [-0.4, -0.2) is 58.7 Å². The molecule has 0 aliphatic carbocycles. The summed E-state index contributed by atoms with van der Waals surface area (Å²) in [7, 11) is 0.772. The number of nitrogens with one attached hydrogen (secondary N) is 1. The average Bonchev–Trinajstić information content (AvgIpc) is 2.83. The van der Waals surface area contributed by atoms with E-state index in [9.17, 15) is 13.2 Å². The molecule has 0 radical (unpaired) electrons. The van der Waals surface area contributed by atoms with E-state index in [0.717, 1.165) is 6.54 Å². The lowest BCUT2D eigenvalue weighted by Crippen LogP contribution is -2.40. The molecule has 6 nitrogen and oxygen atoms in total. The van der Waals surface area contributed by atoms with Crippen LogP contribution in [0.2, 0.25) is 0 Å². The maximum absolute atomic E-state index is 12.4. The van der Waals surface area contributed by atoms with Crippen LogP contribution in [0.15, 0.2) is 24.3 Å². The van der Waals surface area contributed by atoms with Crippen molar-refractivity contribution in [1.29, 1.82) is 0 Å². The Balaban J connectivity index is 2.07. The van der Waals surface area contributed by atoms with Crippen LogP contribution >= 0.6 is 0 Å². The SMILES string of the molecule is CN(C)CC(C)(C)CNC(=O)c1cccc(N2CCCS2(=O)=O)c1. The lowest BCUT2D eigenvalue weighted by atomic mass is 9.93. The molecule has 0 saturated carbocycles. The molecule has 7 heteroatoms. The van der Waals surface area contributed by atoms with Crippen LogP contribution < -0.4 is 9.62 Å². The smallest absolute Gasteiger partial charge is 0.251 e. The number of carbonyl (C=O) groups is 1. The van der Waals surface area contributed by atoms with E-state index in [-0.39, 0.29) is 17.1 Å². The topological polar surface area (TPSA) is 69.7 Å². The summed E-state index contributed by atoms with van der Waals surface area (Å²) in [5.41, 5.74) is 0.998. The van der Waals surface area contributed by atoms with Crippen molar-refractivity contribution in [2.75, 3.05) is 43.8 Å². The standard InChI is InChI=1S/C17H27N3O3S/c1-17(2,13-19(3)4)12-18-16(21)14-7-5-8-15(11-14)20-9-6-10-24(20,22)23/h5,7-8,11H,6,9-10,12-13H2,1-4H3,(H,18,21). The normalized spacial score (nSPS) is 17.3. The minimum absolute atomic E-state index is 0.0466. The first kappa shape index (κ1) is 18.7. The Kier molecular flexibility index (Phi) is 5.55. The number of benzene rings is 1. The highest BCUT2D eigenvalue weighted by Crippen LogP contribution is 2.24. The van der Waals surface area contributed by atoms with Crippen molar-refractivity contribution in [2.24, 2.45) is 5.41 Å². The predicted octanol–water partition coefficient (Wildman–Crippen LogP) is 1.54. The molecule has 1 N–H and O–H groups in total. The van der Waals surface area contributed by atoms with Crippen molar-refractivity contribution in [2.45, 2.75) is 20.3 Å². The number of rotatable bonds is 6. The number of hydrogen-bond donors (Lipinski definition) is 1. The first-order chi connectivity index (χ1) is 11.1. The van der Waals surface area contributed by atoms with E-state index >= 15 is 0 Å². The van der Waals surface area contributed by atoms with Gasteiger partial charge >= 0.3 is 0 Å². The van der Waals surface area contributed by atoms with E-state index < -0.39 is 10.0 Å². The van der Waals surface area contributed by atoms with Crippen LogP contribution in [0.25, 0.3) is 0 Å². The fourth-order valence-corrected chi connectivity index (χ4v) is 4.62. The molecular weight excluding hydrogens is 326 g/mol. The molecule has 0 spiro atoms. The Morgan fingerprint density at radius 3 is 2.62 bits per heavy atom.